The van der Waals surface area contributed by atoms with Crippen molar-refractivity contribution < 1.29 is 4.39 Å². The van der Waals surface area contributed by atoms with E-state index in [1.54, 1.807) is 11.3 Å². The summed E-state index contributed by atoms with van der Waals surface area (Å²) < 4.78 is 15.9. The summed E-state index contributed by atoms with van der Waals surface area (Å²) in [5, 5.41) is 3.60. The molecule has 0 fully saturated rings. The molecule has 0 aliphatic rings. The second-order valence-electron chi connectivity index (χ2n) is 4.74. The van der Waals surface area contributed by atoms with E-state index in [1.807, 2.05) is 6.92 Å². The van der Waals surface area contributed by atoms with Gasteiger partial charge in [0.1, 0.15) is 5.82 Å². The van der Waals surface area contributed by atoms with Crippen LogP contribution in [0.5, 0.6) is 0 Å². The van der Waals surface area contributed by atoms with Crippen molar-refractivity contribution in [2.45, 2.75) is 20.4 Å². The van der Waals surface area contributed by atoms with E-state index in [4.69, 9.17) is 11.6 Å². The Labute approximate surface area is 138 Å². The molecule has 0 saturated carbocycles. The first kappa shape index (κ1) is 14.8. The SMILES string of the molecule is Cc1cn2c(CNc3c(Cl)cc(F)cc3Br)c(C)nc2s1. The van der Waals surface area contributed by atoms with Crippen molar-refractivity contribution >= 4 is 49.5 Å². The highest BCUT2D eigenvalue weighted by Crippen LogP contribution is 2.32. The zero-order valence-corrected chi connectivity index (χ0v) is 14.5. The van der Waals surface area contributed by atoms with Gasteiger partial charge in [-0.15, -0.1) is 11.3 Å². The first-order valence-electron chi connectivity index (χ1n) is 6.28. The number of aryl methyl sites for hydroxylation is 2. The fourth-order valence-corrected chi connectivity index (χ4v) is 4.05. The number of hydrogen-bond acceptors (Lipinski definition) is 3. The molecular weight excluding hydrogens is 377 g/mol. The molecule has 21 heavy (non-hydrogen) atoms. The third kappa shape index (κ3) is 2.80. The molecule has 2 aromatic heterocycles. The number of nitrogens with one attached hydrogen (secondary N) is 1. The zero-order valence-electron chi connectivity index (χ0n) is 11.4. The lowest BCUT2D eigenvalue weighted by Gasteiger charge is -2.11. The van der Waals surface area contributed by atoms with E-state index < -0.39 is 0 Å². The maximum Gasteiger partial charge on any atom is 0.194 e. The van der Waals surface area contributed by atoms with Crippen LogP contribution in [-0.4, -0.2) is 9.38 Å². The number of rotatable bonds is 3. The fourth-order valence-electron chi connectivity index (χ4n) is 2.21. The van der Waals surface area contributed by atoms with Gasteiger partial charge in [0, 0.05) is 15.5 Å². The third-order valence-corrected chi connectivity index (χ3v) is 5.00. The number of benzene rings is 1. The van der Waals surface area contributed by atoms with Gasteiger partial charge in [-0.25, -0.2) is 9.37 Å². The maximum absolute atomic E-state index is 13.2. The van der Waals surface area contributed by atoms with E-state index in [2.05, 4.69) is 43.8 Å². The highest BCUT2D eigenvalue weighted by atomic mass is 79.9. The molecule has 0 amide bonds. The van der Waals surface area contributed by atoms with Crippen LogP contribution in [0, 0.1) is 19.7 Å². The summed E-state index contributed by atoms with van der Waals surface area (Å²) >= 11 is 11.1. The van der Waals surface area contributed by atoms with Crippen molar-refractivity contribution in [1.82, 2.24) is 9.38 Å². The van der Waals surface area contributed by atoms with Crippen molar-refractivity contribution in [3.05, 3.63) is 49.9 Å². The van der Waals surface area contributed by atoms with E-state index >= 15 is 0 Å². The first-order chi connectivity index (χ1) is 9.95. The molecule has 0 aliphatic carbocycles. The van der Waals surface area contributed by atoms with E-state index in [9.17, 15) is 4.39 Å². The third-order valence-electron chi connectivity index (χ3n) is 3.18. The summed E-state index contributed by atoms with van der Waals surface area (Å²) in [7, 11) is 0. The van der Waals surface area contributed by atoms with Crippen LogP contribution >= 0.6 is 38.9 Å². The Morgan fingerprint density at radius 1 is 1.43 bits per heavy atom. The summed E-state index contributed by atoms with van der Waals surface area (Å²) in [6.45, 7) is 4.60. The molecule has 3 nitrogen and oxygen atoms in total. The Kier molecular flexibility index (Phi) is 3.94. The summed E-state index contributed by atoms with van der Waals surface area (Å²) in [5.74, 6) is -0.367. The summed E-state index contributed by atoms with van der Waals surface area (Å²) in [6.07, 6.45) is 2.07. The van der Waals surface area contributed by atoms with Crippen LogP contribution < -0.4 is 5.32 Å². The smallest absolute Gasteiger partial charge is 0.194 e. The second kappa shape index (κ2) is 5.59. The largest absolute Gasteiger partial charge is 0.377 e. The monoisotopic (exact) mass is 387 g/mol. The number of nitrogens with zero attached hydrogens (tertiary/aromatic N) is 2. The van der Waals surface area contributed by atoms with Crippen molar-refractivity contribution in [1.29, 1.82) is 0 Å². The summed E-state index contributed by atoms with van der Waals surface area (Å²) in [6, 6.07) is 2.68. The van der Waals surface area contributed by atoms with Gasteiger partial charge in [0.25, 0.3) is 0 Å². The molecule has 0 spiro atoms. The van der Waals surface area contributed by atoms with Crippen LogP contribution in [-0.2, 0) is 6.54 Å². The first-order valence-corrected chi connectivity index (χ1v) is 8.27. The number of hydrogen-bond donors (Lipinski definition) is 1. The Hall–Kier alpha value is -1.11. The molecule has 0 atom stereocenters. The Balaban J connectivity index is 1.92. The number of imidazole rings is 1. The quantitative estimate of drug-likeness (QED) is 0.670. The maximum atomic E-state index is 13.2. The molecule has 3 rings (SSSR count). The minimum atomic E-state index is -0.367. The molecule has 1 aromatic carbocycles. The molecule has 110 valence electrons. The molecular formula is C14H12BrClFN3S. The van der Waals surface area contributed by atoms with Crippen molar-refractivity contribution in [3.8, 4) is 0 Å². The molecule has 0 aliphatic heterocycles. The molecule has 7 heteroatoms. The van der Waals surface area contributed by atoms with Crippen molar-refractivity contribution in [2.75, 3.05) is 5.32 Å². The van der Waals surface area contributed by atoms with Crippen LogP contribution in [0.3, 0.4) is 0 Å². The number of anilines is 1. The lowest BCUT2D eigenvalue weighted by Crippen LogP contribution is -2.05. The number of aromatic nitrogens is 2. The Bertz CT molecular complexity index is 804. The lowest BCUT2D eigenvalue weighted by atomic mass is 10.3. The molecule has 0 saturated heterocycles. The average molecular weight is 389 g/mol. The second-order valence-corrected chi connectivity index (χ2v) is 7.21. The summed E-state index contributed by atoms with van der Waals surface area (Å²) in [5.41, 5.74) is 2.73. The number of fused-ring (bicyclic) bond motifs is 1. The van der Waals surface area contributed by atoms with Crippen LogP contribution in [0.25, 0.3) is 4.96 Å². The standard InChI is InChI=1S/C14H12BrClFN3S/c1-7-6-20-12(8(2)19-14(20)21-7)5-18-13-10(15)3-9(17)4-11(13)16/h3-4,6,18H,5H2,1-2H3. The van der Waals surface area contributed by atoms with E-state index in [0.29, 0.717) is 21.7 Å². The Morgan fingerprint density at radius 2 is 2.19 bits per heavy atom. The molecule has 3 aromatic rings. The molecule has 0 radical (unpaired) electrons. The minimum Gasteiger partial charge on any atom is -0.377 e. The van der Waals surface area contributed by atoms with Gasteiger partial charge in [0.05, 0.1) is 28.6 Å². The van der Waals surface area contributed by atoms with E-state index in [-0.39, 0.29) is 5.82 Å². The van der Waals surface area contributed by atoms with Gasteiger partial charge in [0.15, 0.2) is 4.96 Å². The van der Waals surface area contributed by atoms with Crippen molar-refractivity contribution in [3.63, 3.8) is 0 Å². The van der Waals surface area contributed by atoms with Gasteiger partial charge in [-0.3, -0.25) is 4.40 Å². The zero-order chi connectivity index (χ0) is 15.1. The Morgan fingerprint density at radius 3 is 2.90 bits per heavy atom. The van der Waals surface area contributed by atoms with Crippen LogP contribution in [0.1, 0.15) is 16.3 Å². The van der Waals surface area contributed by atoms with Crippen molar-refractivity contribution in [2.24, 2.45) is 0 Å². The normalized spacial score (nSPS) is 11.3. The van der Waals surface area contributed by atoms with Gasteiger partial charge in [0.2, 0.25) is 0 Å². The fraction of sp³-hybridized carbons (Fsp3) is 0.214. The van der Waals surface area contributed by atoms with Crippen LogP contribution in [0.15, 0.2) is 22.8 Å². The molecule has 2 heterocycles. The molecule has 0 bridgehead atoms. The molecule has 0 unspecified atom stereocenters. The van der Waals surface area contributed by atoms with Crippen LogP contribution in [0.4, 0.5) is 10.1 Å². The predicted molar refractivity (Wildman–Crippen MR) is 89.0 cm³/mol. The van der Waals surface area contributed by atoms with Gasteiger partial charge >= 0.3 is 0 Å². The van der Waals surface area contributed by atoms with E-state index in [1.165, 1.54) is 17.0 Å². The minimum absolute atomic E-state index is 0.349. The lowest BCUT2D eigenvalue weighted by molar-refractivity contribution is 0.627. The highest BCUT2D eigenvalue weighted by Gasteiger charge is 2.13. The van der Waals surface area contributed by atoms with Crippen LogP contribution in [0.2, 0.25) is 5.02 Å². The van der Waals surface area contributed by atoms with Gasteiger partial charge in [-0.05, 0) is 41.9 Å². The van der Waals surface area contributed by atoms with Gasteiger partial charge in [-0.2, -0.15) is 0 Å². The summed E-state index contributed by atoms with van der Waals surface area (Å²) in [4.78, 5) is 6.73. The topological polar surface area (TPSA) is 29.3 Å². The highest BCUT2D eigenvalue weighted by molar-refractivity contribution is 9.10. The van der Waals surface area contributed by atoms with Gasteiger partial charge in [-0.1, -0.05) is 11.6 Å². The molecule has 1 N–H and O–H groups in total. The predicted octanol–water partition coefficient (Wildman–Crippen LogP) is 5.18. The van der Waals surface area contributed by atoms with Gasteiger partial charge < -0.3 is 5.32 Å². The number of thiazole rings is 1. The number of halogens is 3. The van der Waals surface area contributed by atoms with E-state index in [0.717, 1.165) is 16.3 Å². The average Bonchev–Trinajstić information content (AvgIpc) is 2.84.